The Labute approximate surface area is 229 Å². The van der Waals surface area contributed by atoms with E-state index in [9.17, 15) is 18.4 Å². The first-order chi connectivity index (χ1) is 18.6. The standard InChI is InChI=1S/C29H30F2N4O3S/c1-5-29(2,3)17-11-12-18-22(13-17)39-27(23(18)28(37)38-4)34-26(36)19-15-32-35-21(24(30)31)14-20(33-25(19)35)16-9-7-6-8-10-16/h6-10,14-15,17,24H,5,11-13H2,1-4H3,(H,34,36). The van der Waals surface area contributed by atoms with Gasteiger partial charge in [0.05, 0.1) is 24.6 Å². The molecule has 0 fully saturated rings. The summed E-state index contributed by atoms with van der Waals surface area (Å²) in [5.74, 6) is -0.645. The third-order valence-electron chi connectivity index (χ3n) is 7.94. The number of hydrogen-bond donors (Lipinski definition) is 1. The number of ether oxygens (including phenoxy) is 1. The van der Waals surface area contributed by atoms with Gasteiger partial charge < -0.3 is 10.1 Å². The number of anilines is 1. The molecule has 10 heteroatoms. The molecule has 0 saturated carbocycles. The fourth-order valence-electron chi connectivity index (χ4n) is 5.18. The minimum atomic E-state index is -2.83. The van der Waals surface area contributed by atoms with Crippen molar-refractivity contribution in [1.82, 2.24) is 14.6 Å². The van der Waals surface area contributed by atoms with Gasteiger partial charge in [-0.05, 0) is 42.2 Å². The molecule has 1 aromatic carbocycles. The monoisotopic (exact) mass is 552 g/mol. The minimum Gasteiger partial charge on any atom is -0.465 e. The van der Waals surface area contributed by atoms with Gasteiger partial charge in [0.1, 0.15) is 16.3 Å². The van der Waals surface area contributed by atoms with Gasteiger partial charge in [0.2, 0.25) is 0 Å². The number of amides is 1. The fraction of sp³-hybridized carbons (Fsp3) is 0.379. The number of nitrogens with zero attached hydrogens (tertiary/aromatic N) is 3. The lowest BCUT2D eigenvalue weighted by molar-refractivity contribution is 0.0600. The molecule has 39 heavy (non-hydrogen) atoms. The molecule has 0 radical (unpaired) electrons. The molecule has 3 aromatic heterocycles. The highest BCUT2D eigenvalue weighted by atomic mass is 32.1. The maximum absolute atomic E-state index is 14.0. The number of halogens is 2. The molecule has 0 saturated heterocycles. The normalized spacial score (nSPS) is 15.4. The summed E-state index contributed by atoms with van der Waals surface area (Å²) >= 11 is 1.37. The summed E-state index contributed by atoms with van der Waals surface area (Å²) < 4.78 is 34.0. The van der Waals surface area contributed by atoms with Crippen LogP contribution in [-0.2, 0) is 17.6 Å². The summed E-state index contributed by atoms with van der Waals surface area (Å²) in [6.07, 6.45) is 1.92. The van der Waals surface area contributed by atoms with E-state index < -0.39 is 18.3 Å². The van der Waals surface area contributed by atoms with Gasteiger partial charge in [-0.1, -0.05) is 57.5 Å². The maximum atomic E-state index is 14.0. The lowest BCUT2D eigenvalue weighted by Crippen LogP contribution is -2.28. The molecular weight excluding hydrogens is 522 g/mol. The van der Waals surface area contributed by atoms with Crippen molar-refractivity contribution < 1.29 is 23.1 Å². The Balaban J connectivity index is 1.54. The van der Waals surface area contributed by atoms with Gasteiger partial charge in [0, 0.05) is 10.4 Å². The number of fused-ring (bicyclic) bond motifs is 2. The van der Waals surface area contributed by atoms with Crippen LogP contribution in [0, 0.1) is 11.3 Å². The molecular formula is C29H30F2N4O3S. The lowest BCUT2D eigenvalue weighted by Gasteiger charge is -2.36. The Morgan fingerprint density at radius 2 is 2.00 bits per heavy atom. The number of esters is 1. The molecule has 1 amide bonds. The number of hydrogen-bond acceptors (Lipinski definition) is 6. The van der Waals surface area contributed by atoms with Gasteiger partial charge in [-0.25, -0.2) is 23.1 Å². The third kappa shape index (κ3) is 4.93. The van der Waals surface area contributed by atoms with Crippen molar-refractivity contribution in [2.24, 2.45) is 11.3 Å². The van der Waals surface area contributed by atoms with Crippen molar-refractivity contribution in [3.05, 3.63) is 69.9 Å². The molecule has 1 unspecified atom stereocenters. The zero-order chi connectivity index (χ0) is 27.9. The second-order valence-electron chi connectivity index (χ2n) is 10.5. The number of methoxy groups -OCH3 is 1. The van der Waals surface area contributed by atoms with Crippen LogP contribution in [0.15, 0.2) is 42.6 Å². The van der Waals surface area contributed by atoms with Crippen molar-refractivity contribution in [1.29, 1.82) is 0 Å². The van der Waals surface area contributed by atoms with Gasteiger partial charge in [0.25, 0.3) is 12.3 Å². The molecule has 1 N–H and O–H groups in total. The second kappa shape index (κ2) is 10.5. The van der Waals surface area contributed by atoms with Gasteiger partial charge in [0.15, 0.2) is 5.65 Å². The Morgan fingerprint density at radius 1 is 1.26 bits per heavy atom. The average Bonchev–Trinajstić information content (AvgIpc) is 3.53. The Hall–Kier alpha value is -3.66. The van der Waals surface area contributed by atoms with Crippen LogP contribution in [-0.4, -0.2) is 33.6 Å². The molecule has 204 valence electrons. The number of carbonyl (C=O) groups is 2. The van der Waals surface area contributed by atoms with E-state index in [0.717, 1.165) is 40.6 Å². The van der Waals surface area contributed by atoms with Gasteiger partial charge >= 0.3 is 5.97 Å². The molecule has 4 aromatic rings. The first-order valence-electron chi connectivity index (χ1n) is 12.9. The largest absolute Gasteiger partial charge is 0.465 e. The van der Waals surface area contributed by atoms with Crippen molar-refractivity contribution in [3.63, 3.8) is 0 Å². The highest BCUT2D eigenvalue weighted by Gasteiger charge is 2.36. The molecule has 1 aliphatic rings. The number of benzene rings is 1. The SMILES string of the molecule is CCC(C)(C)C1CCc2c(sc(NC(=O)c3cnn4c(C(F)F)cc(-c5ccccc5)nc34)c2C(=O)OC)C1. The number of carbonyl (C=O) groups excluding carboxylic acids is 2. The highest BCUT2D eigenvalue weighted by molar-refractivity contribution is 7.17. The number of alkyl halides is 2. The van der Waals surface area contributed by atoms with Crippen LogP contribution < -0.4 is 5.32 Å². The summed E-state index contributed by atoms with van der Waals surface area (Å²) in [5, 5.41) is 7.29. The third-order valence-corrected chi connectivity index (χ3v) is 9.11. The van der Waals surface area contributed by atoms with Gasteiger partial charge in [-0.3, -0.25) is 4.79 Å². The van der Waals surface area contributed by atoms with Crippen LogP contribution >= 0.6 is 11.3 Å². The first kappa shape index (κ1) is 26.9. The van der Waals surface area contributed by atoms with Crippen LogP contribution in [0.1, 0.15) is 76.9 Å². The van der Waals surface area contributed by atoms with Gasteiger partial charge in [-0.2, -0.15) is 5.10 Å². The molecule has 0 bridgehead atoms. The minimum absolute atomic E-state index is 0.00912. The topological polar surface area (TPSA) is 85.6 Å². The maximum Gasteiger partial charge on any atom is 0.341 e. The van der Waals surface area contributed by atoms with Crippen molar-refractivity contribution >= 4 is 33.9 Å². The summed E-state index contributed by atoms with van der Waals surface area (Å²) in [5.41, 5.74) is 2.03. The van der Waals surface area contributed by atoms with E-state index in [1.165, 1.54) is 30.7 Å². The fourth-order valence-corrected chi connectivity index (χ4v) is 6.49. The Morgan fingerprint density at radius 3 is 2.67 bits per heavy atom. The molecule has 1 atom stereocenters. The van der Waals surface area contributed by atoms with Crippen molar-refractivity contribution in [3.8, 4) is 11.3 Å². The number of aromatic nitrogens is 3. The summed E-state index contributed by atoms with van der Waals surface area (Å²) in [4.78, 5) is 31.9. The van der Waals surface area contributed by atoms with E-state index in [4.69, 9.17) is 4.74 Å². The number of rotatable bonds is 7. The molecule has 5 rings (SSSR count). The summed E-state index contributed by atoms with van der Waals surface area (Å²) in [6.45, 7) is 6.70. The second-order valence-corrected chi connectivity index (χ2v) is 11.6. The predicted molar refractivity (Wildman–Crippen MR) is 147 cm³/mol. The Kier molecular flexibility index (Phi) is 7.24. The van der Waals surface area contributed by atoms with E-state index in [-0.39, 0.29) is 22.3 Å². The predicted octanol–water partition coefficient (Wildman–Crippen LogP) is 6.98. The summed E-state index contributed by atoms with van der Waals surface area (Å²) in [6, 6.07) is 10.2. The van der Waals surface area contributed by atoms with E-state index in [0.29, 0.717) is 27.7 Å². The molecule has 3 heterocycles. The molecule has 0 aliphatic heterocycles. The van der Waals surface area contributed by atoms with Gasteiger partial charge in [-0.15, -0.1) is 11.3 Å². The quantitative estimate of drug-likeness (QED) is 0.250. The smallest absolute Gasteiger partial charge is 0.341 e. The number of nitrogens with one attached hydrogen (secondary N) is 1. The first-order valence-corrected chi connectivity index (χ1v) is 13.7. The van der Waals surface area contributed by atoms with E-state index in [1.54, 1.807) is 24.3 Å². The van der Waals surface area contributed by atoms with E-state index in [2.05, 4.69) is 36.2 Å². The van der Waals surface area contributed by atoms with Crippen LogP contribution in [0.25, 0.3) is 16.9 Å². The van der Waals surface area contributed by atoms with E-state index in [1.807, 2.05) is 6.07 Å². The summed E-state index contributed by atoms with van der Waals surface area (Å²) in [7, 11) is 1.32. The van der Waals surface area contributed by atoms with Crippen molar-refractivity contribution in [2.45, 2.75) is 52.9 Å². The van der Waals surface area contributed by atoms with Crippen LogP contribution in [0.3, 0.4) is 0 Å². The van der Waals surface area contributed by atoms with Crippen LogP contribution in [0.5, 0.6) is 0 Å². The zero-order valence-electron chi connectivity index (χ0n) is 22.3. The zero-order valence-corrected chi connectivity index (χ0v) is 23.1. The van der Waals surface area contributed by atoms with E-state index >= 15 is 0 Å². The molecule has 7 nitrogen and oxygen atoms in total. The average molecular weight is 553 g/mol. The highest BCUT2D eigenvalue weighted by Crippen LogP contribution is 2.45. The Bertz CT molecular complexity index is 1550. The van der Waals surface area contributed by atoms with Crippen molar-refractivity contribution in [2.75, 3.05) is 12.4 Å². The van der Waals surface area contributed by atoms with Crippen LogP contribution in [0.4, 0.5) is 13.8 Å². The number of thiophene rings is 1. The molecule has 1 aliphatic carbocycles. The molecule has 0 spiro atoms. The van der Waals surface area contributed by atoms with Crippen LogP contribution in [0.2, 0.25) is 0 Å². The lowest BCUT2D eigenvalue weighted by atomic mass is 9.69.